The molecule has 32 heavy (non-hydrogen) atoms. The number of fused-ring (bicyclic) bond motifs is 2. The van der Waals surface area contributed by atoms with Gasteiger partial charge in [0.2, 0.25) is 6.79 Å². The molecule has 0 saturated heterocycles. The molecule has 0 aromatic heterocycles. The molecule has 0 N–H and O–H groups in total. The molecule has 1 saturated carbocycles. The summed E-state index contributed by atoms with van der Waals surface area (Å²) >= 11 is 0. The number of anilines is 1. The van der Waals surface area contributed by atoms with Gasteiger partial charge in [-0.05, 0) is 59.6 Å². The molecule has 3 aliphatic rings. The van der Waals surface area contributed by atoms with Gasteiger partial charge in [-0.1, -0.05) is 39.0 Å². The predicted molar refractivity (Wildman–Crippen MR) is 123 cm³/mol. The standard InChI is InChI=1S/C27H30N2O3/c1-26(2,3)24-15-19-13-18(5-7-21(19)29(24)12-4-11-28)14-25(30)27(9-10-27)20-6-8-22-23(16-20)32-17-31-22/h5-8,13,16,24H,4,9-10,12,14-15,17H2,1-3H3. The summed E-state index contributed by atoms with van der Waals surface area (Å²) in [6.45, 7) is 7.77. The molecule has 166 valence electrons. The lowest BCUT2D eigenvalue weighted by molar-refractivity contribution is -0.120. The molecule has 0 radical (unpaired) electrons. The van der Waals surface area contributed by atoms with Gasteiger partial charge in [0.15, 0.2) is 11.5 Å². The van der Waals surface area contributed by atoms with Crippen LogP contribution in [0.1, 0.15) is 56.7 Å². The van der Waals surface area contributed by atoms with E-state index in [1.807, 2.05) is 18.2 Å². The summed E-state index contributed by atoms with van der Waals surface area (Å²) in [5.74, 6) is 1.78. The van der Waals surface area contributed by atoms with E-state index < -0.39 is 0 Å². The Bertz CT molecular complexity index is 1100. The van der Waals surface area contributed by atoms with Gasteiger partial charge < -0.3 is 14.4 Å². The van der Waals surface area contributed by atoms with Gasteiger partial charge in [0.25, 0.3) is 0 Å². The third kappa shape index (κ3) is 3.52. The Morgan fingerprint density at radius 2 is 1.94 bits per heavy atom. The minimum Gasteiger partial charge on any atom is -0.454 e. The Kier molecular flexibility index (Phi) is 4.93. The van der Waals surface area contributed by atoms with Crippen molar-refractivity contribution in [3.05, 3.63) is 53.1 Å². The molecule has 0 amide bonds. The van der Waals surface area contributed by atoms with Crippen molar-refractivity contribution in [3.63, 3.8) is 0 Å². The van der Waals surface area contributed by atoms with E-state index in [1.54, 1.807) is 0 Å². The minimum atomic E-state index is -0.382. The van der Waals surface area contributed by atoms with Crippen LogP contribution in [0.2, 0.25) is 0 Å². The summed E-state index contributed by atoms with van der Waals surface area (Å²) in [6.07, 6.45) is 3.71. The molecule has 2 aliphatic heterocycles. The van der Waals surface area contributed by atoms with Crippen LogP contribution in [-0.4, -0.2) is 25.2 Å². The van der Waals surface area contributed by atoms with E-state index in [1.165, 1.54) is 11.3 Å². The fourth-order valence-electron chi connectivity index (χ4n) is 5.30. The lowest BCUT2D eigenvalue weighted by atomic mass is 9.84. The molecule has 2 aromatic carbocycles. The lowest BCUT2D eigenvalue weighted by Crippen LogP contribution is -2.42. The molecule has 5 heteroatoms. The Morgan fingerprint density at radius 1 is 1.16 bits per heavy atom. The quantitative estimate of drug-likeness (QED) is 0.649. The highest BCUT2D eigenvalue weighted by atomic mass is 16.7. The molecule has 1 unspecified atom stereocenters. The zero-order chi connectivity index (χ0) is 22.5. The fraction of sp³-hybridized carbons (Fsp3) is 0.481. The highest BCUT2D eigenvalue weighted by Crippen LogP contribution is 2.51. The maximum atomic E-state index is 13.4. The van der Waals surface area contributed by atoms with Gasteiger partial charge in [-0.3, -0.25) is 4.79 Å². The number of hydrogen-bond donors (Lipinski definition) is 0. The van der Waals surface area contributed by atoms with Crippen molar-refractivity contribution in [1.29, 1.82) is 5.26 Å². The first kappa shape index (κ1) is 20.9. The highest BCUT2D eigenvalue weighted by Gasteiger charge is 2.51. The van der Waals surface area contributed by atoms with Crippen LogP contribution in [0.4, 0.5) is 5.69 Å². The molecule has 0 bridgehead atoms. The van der Waals surface area contributed by atoms with Gasteiger partial charge in [0, 0.05) is 24.7 Å². The number of carbonyl (C=O) groups excluding carboxylic acids is 1. The van der Waals surface area contributed by atoms with Crippen LogP contribution >= 0.6 is 0 Å². The zero-order valence-electron chi connectivity index (χ0n) is 19.1. The number of ether oxygens (including phenoxy) is 2. The van der Waals surface area contributed by atoms with Crippen molar-refractivity contribution in [1.82, 2.24) is 0 Å². The van der Waals surface area contributed by atoms with Crippen molar-refractivity contribution in [2.75, 3.05) is 18.2 Å². The van der Waals surface area contributed by atoms with E-state index in [2.05, 4.69) is 49.9 Å². The van der Waals surface area contributed by atoms with Crippen molar-refractivity contribution in [2.45, 2.75) is 64.3 Å². The number of Topliss-reactive ketones (excluding diaryl/α,β-unsaturated/α-hetero) is 1. The van der Waals surface area contributed by atoms with Crippen molar-refractivity contribution in [3.8, 4) is 17.6 Å². The minimum absolute atomic E-state index is 0.113. The Morgan fingerprint density at radius 3 is 2.66 bits per heavy atom. The van der Waals surface area contributed by atoms with Crippen molar-refractivity contribution >= 4 is 11.5 Å². The van der Waals surface area contributed by atoms with E-state index in [0.29, 0.717) is 18.9 Å². The van der Waals surface area contributed by atoms with E-state index in [4.69, 9.17) is 14.7 Å². The summed E-state index contributed by atoms with van der Waals surface area (Å²) in [5.41, 5.74) is 4.36. The molecule has 5 rings (SSSR count). The highest BCUT2D eigenvalue weighted by molar-refractivity contribution is 5.95. The lowest BCUT2D eigenvalue weighted by Gasteiger charge is -2.36. The van der Waals surface area contributed by atoms with Crippen molar-refractivity contribution in [2.24, 2.45) is 5.41 Å². The first-order valence-corrected chi connectivity index (χ1v) is 11.5. The Labute approximate surface area is 189 Å². The van der Waals surface area contributed by atoms with Gasteiger partial charge >= 0.3 is 0 Å². The monoisotopic (exact) mass is 430 g/mol. The largest absolute Gasteiger partial charge is 0.454 e. The molecular formula is C27H30N2O3. The third-order valence-corrected chi connectivity index (χ3v) is 7.28. The average Bonchev–Trinajstić information content (AvgIpc) is 3.29. The van der Waals surface area contributed by atoms with Gasteiger partial charge in [-0.25, -0.2) is 0 Å². The van der Waals surface area contributed by atoms with E-state index >= 15 is 0 Å². The molecule has 2 aromatic rings. The number of benzene rings is 2. The molecule has 2 heterocycles. The molecule has 1 fully saturated rings. The maximum Gasteiger partial charge on any atom is 0.231 e. The summed E-state index contributed by atoms with van der Waals surface area (Å²) in [4.78, 5) is 15.8. The summed E-state index contributed by atoms with van der Waals surface area (Å²) < 4.78 is 10.9. The second-order valence-electron chi connectivity index (χ2n) is 10.4. The normalized spacial score (nSPS) is 20.1. The number of nitriles is 1. The summed E-state index contributed by atoms with van der Waals surface area (Å²) in [5, 5.41) is 9.11. The molecule has 0 spiro atoms. The first-order chi connectivity index (χ1) is 15.3. The predicted octanol–water partition coefficient (Wildman–Crippen LogP) is 4.95. The second-order valence-corrected chi connectivity index (χ2v) is 10.4. The SMILES string of the molecule is CC(C)(C)C1Cc2cc(CC(=O)C3(c4ccc5c(c4)OCO5)CC3)ccc2N1CCC#N. The summed E-state index contributed by atoms with van der Waals surface area (Å²) in [7, 11) is 0. The second kappa shape index (κ2) is 7.55. The molecule has 5 nitrogen and oxygen atoms in total. The van der Waals surface area contributed by atoms with Crippen molar-refractivity contribution < 1.29 is 14.3 Å². The van der Waals surface area contributed by atoms with Crippen LogP contribution in [0.3, 0.4) is 0 Å². The van der Waals surface area contributed by atoms with E-state index in [-0.39, 0.29) is 23.4 Å². The Balaban J connectivity index is 1.36. The number of nitrogens with zero attached hydrogens (tertiary/aromatic N) is 2. The summed E-state index contributed by atoms with van der Waals surface area (Å²) in [6, 6.07) is 15.0. The molecule has 1 aliphatic carbocycles. The fourth-order valence-corrected chi connectivity index (χ4v) is 5.30. The number of rotatable bonds is 6. The van der Waals surface area contributed by atoms with Crippen LogP contribution in [0.5, 0.6) is 11.5 Å². The zero-order valence-corrected chi connectivity index (χ0v) is 19.1. The van der Waals surface area contributed by atoms with Gasteiger partial charge in [0.1, 0.15) is 5.78 Å². The number of ketones is 1. The smallest absolute Gasteiger partial charge is 0.231 e. The number of carbonyl (C=O) groups is 1. The first-order valence-electron chi connectivity index (χ1n) is 11.5. The molecular weight excluding hydrogens is 400 g/mol. The maximum absolute atomic E-state index is 13.4. The van der Waals surface area contributed by atoms with Crippen LogP contribution in [0.15, 0.2) is 36.4 Å². The van der Waals surface area contributed by atoms with Gasteiger partial charge in [0.05, 0.1) is 17.9 Å². The third-order valence-electron chi connectivity index (χ3n) is 7.28. The average molecular weight is 431 g/mol. The van der Waals surface area contributed by atoms with E-state index in [9.17, 15) is 4.79 Å². The van der Waals surface area contributed by atoms with Gasteiger partial charge in [-0.15, -0.1) is 0 Å². The number of hydrogen-bond acceptors (Lipinski definition) is 5. The Hall–Kier alpha value is -3.00. The van der Waals surface area contributed by atoms with Crippen LogP contribution < -0.4 is 14.4 Å². The van der Waals surface area contributed by atoms with Crippen LogP contribution in [0.25, 0.3) is 0 Å². The van der Waals surface area contributed by atoms with Crippen LogP contribution in [0, 0.1) is 16.7 Å². The topological polar surface area (TPSA) is 62.6 Å². The van der Waals surface area contributed by atoms with Crippen LogP contribution in [-0.2, 0) is 23.1 Å². The molecule has 1 atom stereocenters. The van der Waals surface area contributed by atoms with Gasteiger partial charge in [-0.2, -0.15) is 5.26 Å². The van der Waals surface area contributed by atoms with E-state index in [0.717, 1.165) is 48.4 Å².